The molecule has 0 unspecified atom stereocenters. The van der Waals surface area contributed by atoms with E-state index in [1.807, 2.05) is 36.4 Å². The first-order chi connectivity index (χ1) is 12.1. The SMILES string of the molecule is NC(=O)c1ccccc1CCCN1CCN(c2cccc(Cl)c2)CC1. The van der Waals surface area contributed by atoms with Crippen LogP contribution in [0.1, 0.15) is 22.3 Å². The quantitative estimate of drug-likeness (QED) is 0.863. The summed E-state index contributed by atoms with van der Waals surface area (Å²) in [6, 6.07) is 15.7. The number of benzene rings is 2. The van der Waals surface area contributed by atoms with E-state index < -0.39 is 0 Å². The highest BCUT2D eigenvalue weighted by Crippen LogP contribution is 2.21. The van der Waals surface area contributed by atoms with Crippen molar-refractivity contribution in [3.8, 4) is 0 Å². The number of hydrogen-bond donors (Lipinski definition) is 1. The molecule has 1 fully saturated rings. The summed E-state index contributed by atoms with van der Waals surface area (Å²) in [5, 5.41) is 0.785. The van der Waals surface area contributed by atoms with Gasteiger partial charge in [-0.25, -0.2) is 0 Å². The second-order valence-corrected chi connectivity index (χ2v) is 6.87. The van der Waals surface area contributed by atoms with E-state index in [-0.39, 0.29) is 5.91 Å². The van der Waals surface area contributed by atoms with Crippen molar-refractivity contribution in [3.63, 3.8) is 0 Å². The maximum Gasteiger partial charge on any atom is 0.248 e. The standard InChI is InChI=1S/C20H24ClN3O/c21-17-7-3-8-18(15-17)24-13-11-23(12-14-24)10-4-6-16-5-1-2-9-19(16)20(22)25/h1-3,5,7-9,15H,4,6,10-14H2,(H2,22,25). The number of nitrogens with two attached hydrogens (primary N) is 1. The molecule has 0 spiro atoms. The van der Waals surface area contributed by atoms with E-state index in [9.17, 15) is 4.79 Å². The first kappa shape index (κ1) is 17.8. The normalized spacial score (nSPS) is 15.3. The molecule has 0 aliphatic carbocycles. The maximum absolute atomic E-state index is 11.5. The molecule has 5 heteroatoms. The lowest BCUT2D eigenvalue weighted by Crippen LogP contribution is -2.46. The topological polar surface area (TPSA) is 49.6 Å². The Balaban J connectivity index is 1.46. The Kier molecular flexibility index (Phi) is 5.95. The monoisotopic (exact) mass is 357 g/mol. The molecule has 25 heavy (non-hydrogen) atoms. The second-order valence-electron chi connectivity index (χ2n) is 6.43. The molecule has 4 nitrogen and oxygen atoms in total. The van der Waals surface area contributed by atoms with Crippen molar-refractivity contribution < 1.29 is 4.79 Å². The van der Waals surface area contributed by atoms with E-state index in [4.69, 9.17) is 17.3 Å². The van der Waals surface area contributed by atoms with Crippen LogP contribution in [0.15, 0.2) is 48.5 Å². The first-order valence-corrected chi connectivity index (χ1v) is 9.12. The lowest BCUT2D eigenvalue weighted by molar-refractivity contribution is 0.0999. The molecule has 1 amide bonds. The molecule has 0 atom stereocenters. The predicted octanol–water partition coefficient (Wildman–Crippen LogP) is 3.19. The number of nitrogens with zero attached hydrogens (tertiary/aromatic N) is 2. The Morgan fingerprint density at radius 2 is 1.80 bits per heavy atom. The summed E-state index contributed by atoms with van der Waals surface area (Å²) in [7, 11) is 0. The maximum atomic E-state index is 11.5. The number of rotatable bonds is 6. The molecule has 0 bridgehead atoms. The second kappa shape index (κ2) is 8.37. The lowest BCUT2D eigenvalue weighted by Gasteiger charge is -2.36. The summed E-state index contributed by atoms with van der Waals surface area (Å²) in [6.45, 7) is 5.15. The number of anilines is 1. The van der Waals surface area contributed by atoms with Crippen molar-refractivity contribution in [1.82, 2.24) is 4.90 Å². The number of carbonyl (C=O) groups excluding carboxylic acids is 1. The molecule has 2 aromatic rings. The average molecular weight is 358 g/mol. The van der Waals surface area contributed by atoms with Crippen LogP contribution in [-0.4, -0.2) is 43.5 Å². The van der Waals surface area contributed by atoms with Gasteiger partial charge >= 0.3 is 0 Å². The zero-order chi connectivity index (χ0) is 17.6. The van der Waals surface area contributed by atoms with Crippen molar-refractivity contribution in [1.29, 1.82) is 0 Å². The Bertz CT molecular complexity index is 726. The number of aryl methyl sites for hydroxylation is 1. The molecular weight excluding hydrogens is 334 g/mol. The predicted molar refractivity (Wildman–Crippen MR) is 103 cm³/mol. The van der Waals surface area contributed by atoms with E-state index in [0.29, 0.717) is 5.56 Å². The van der Waals surface area contributed by atoms with Gasteiger partial charge in [-0.05, 0) is 49.2 Å². The molecule has 1 heterocycles. The zero-order valence-corrected chi connectivity index (χ0v) is 15.1. The molecule has 132 valence electrons. The Morgan fingerprint density at radius 3 is 2.52 bits per heavy atom. The Hall–Kier alpha value is -2.04. The van der Waals surface area contributed by atoms with Gasteiger partial charge in [0.05, 0.1) is 0 Å². The third kappa shape index (κ3) is 4.74. The summed E-state index contributed by atoms with van der Waals surface area (Å²) >= 11 is 6.08. The van der Waals surface area contributed by atoms with Gasteiger partial charge in [0.1, 0.15) is 0 Å². The zero-order valence-electron chi connectivity index (χ0n) is 14.3. The van der Waals surface area contributed by atoms with Gasteiger partial charge in [0.2, 0.25) is 5.91 Å². The van der Waals surface area contributed by atoms with E-state index in [0.717, 1.165) is 56.2 Å². The highest BCUT2D eigenvalue weighted by atomic mass is 35.5. The molecule has 0 radical (unpaired) electrons. The molecule has 3 rings (SSSR count). The lowest BCUT2D eigenvalue weighted by atomic mass is 10.0. The van der Waals surface area contributed by atoms with Gasteiger partial charge in [0, 0.05) is 42.5 Å². The summed E-state index contributed by atoms with van der Waals surface area (Å²) in [5.41, 5.74) is 8.34. The largest absolute Gasteiger partial charge is 0.369 e. The molecule has 2 aromatic carbocycles. The smallest absolute Gasteiger partial charge is 0.248 e. The average Bonchev–Trinajstić information content (AvgIpc) is 2.62. The number of halogens is 1. The number of carbonyl (C=O) groups is 1. The van der Waals surface area contributed by atoms with Crippen LogP contribution in [0.4, 0.5) is 5.69 Å². The molecule has 0 saturated carbocycles. The third-order valence-corrected chi connectivity index (χ3v) is 4.98. The van der Waals surface area contributed by atoms with E-state index in [1.165, 1.54) is 5.69 Å². The van der Waals surface area contributed by atoms with Crippen molar-refractivity contribution in [3.05, 3.63) is 64.7 Å². The first-order valence-electron chi connectivity index (χ1n) is 8.74. The fourth-order valence-corrected chi connectivity index (χ4v) is 3.56. The van der Waals surface area contributed by atoms with Crippen LogP contribution in [0.2, 0.25) is 5.02 Å². The van der Waals surface area contributed by atoms with Crippen molar-refractivity contribution >= 4 is 23.2 Å². The van der Waals surface area contributed by atoms with Crippen LogP contribution in [0.3, 0.4) is 0 Å². The molecule has 1 saturated heterocycles. The summed E-state index contributed by atoms with van der Waals surface area (Å²) in [5.74, 6) is -0.342. The molecule has 1 aliphatic rings. The van der Waals surface area contributed by atoms with Crippen LogP contribution >= 0.6 is 11.6 Å². The van der Waals surface area contributed by atoms with Crippen LogP contribution in [-0.2, 0) is 6.42 Å². The van der Waals surface area contributed by atoms with Crippen molar-refractivity contribution in [2.45, 2.75) is 12.8 Å². The number of hydrogen-bond acceptors (Lipinski definition) is 3. The molecule has 0 aromatic heterocycles. The van der Waals surface area contributed by atoms with Gasteiger partial charge < -0.3 is 10.6 Å². The van der Waals surface area contributed by atoms with Crippen LogP contribution in [0.25, 0.3) is 0 Å². The highest BCUT2D eigenvalue weighted by molar-refractivity contribution is 6.30. The van der Waals surface area contributed by atoms with Crippen LogP contribution in [0, 0.1) is 0 Å². The minimum atomic E-state index is -0.342. The third-order valence-electron chi connectivity index (χ3n) is 4.75. The van der Waals surface area contributed by atoms with Crippen molar-refractivity contribution in [2.75, 3.05) is 37.6 Å². The van der Waals surface area contributed by atoms with E-state index in [1.54, 1.807) is 6.07 Å². The van der Waals surface area contributed by atoms with Gasteiger partial charge in [-0.15, -0.1) is 0 Å². The summed E-state index contributed by atoms with van der Waals surface area (Å²) < 4.78 is 0. The minimum absolute atomic E-state index is 0.342. The van der Waals surface area contributed by atoms with Gasteiger partial charge in [0.25, 0.3) is 0 Å². The molecular formula is C20H24ClN3O. The summed E-state index contributed by atoms with van der Waals surface area (Å²) in [4.78, 5) is 16.3. The minimum Gasteiger partial charge on any atom is -0.369 e. The van der Waals surface area contributed by atoms with E-state index in [2.05, 4.69) is 15.9 Å². The molecule has 2 N–H and O–H groups in total. The highest BCUT2D eigenvalue weighted by Gasteiger charge is 2.17. The van der Waals surface area contributed by atoms with Gasteiger partial charge in [-0.3, -0.25) is 9.69 Å². The van der Waals surface area contributed by atoms with Gasteiger partial charge in [-0.1, -0.05) is 35.9 Å². The number of primary amides is 1. The van der Waals surface area contributed by atoms with Crippen LogP contribution < -0.4 is 10.6 Å². The summed E-state index contributed by atoms with van der Waals surface area (Å²) in [6.07, 6.45) is 1.91. The van der Waals surface area contributed by atoms with E-state index >= 15 is 0 Å². The van der Waals surface area contributed by atoms with Crippen molar-refractivity contribution in [2.24, 2.45) is 5.73 Å². The van der Waals surface area contributed by atoms with Gasteiger partial charge in [0.15, 0.2) is 0 Å². The fraction of sp³-hybridized carbons (Fsp3) is 0.350. The number of amides is 1. The fourth-order valence-electron chi connectivity index (χ4n) is 3.37. The molecule has 1 aliphatic heterocycles. The Morgan fingerprint density at radius 1 is 1.04 bits per heavy atom. The van der Waals surface area contributed by atoms with Crippen LogP contribution in [0.5, 0.6) is 0 Å². The number of piperazine rings is 1. The van der Waals surface area contributed by atoms with Gasteiger partial charge in [-0.2, -0.15) is 0 Å². The Labute approximate surface area is 154 Å².